The summed E-state index contributed by atoms with van der Waals surface area (Å²) >= 11 is 0. The standard InChI is InChI=1S/C20H18N2O4/c1-25-16-8-7-15(19(11-16)26-2)12-21-22-20(24)17-9-13-5-3-4-6-14(13)10-18(17)23/h3-12,23H,1-2H3,(H,22,24)/b21-12+. The molecule has 0 fully saturated rings. The van der Waals surface area contributed by atoms with E-state index in [9.17, 15) is 9.90 Å². The Morgan fingerprint density at radius 3 is 2.46 bits per heavy atom. The van der Waals surface area contributed by atoms with E-state index in [1.165, 1.54) is 13.3 Å². The van der Waals surface area contributed by atoms with Crippen LogP contribution >= 0.6 is 0 Å². The maximum atomic E-state index is 12.3. The molecule has 6 heteroatoms. The minimum absolute atomic E-state index is 0.0987. The Bertz CT molecular complexity index is 983. The number of hydrazone groups is 1. The maximum Gasteiger partial charge on any atom is 0.275 e. The number of rotatable bonds is 5. The monoisotopic (exact) mass is 350 g/mol. The van der Waals surface area contributed by atoms with Gasteiger partial charge >= 0.3 is 0 Å². The van der Waals surface area contributed by atoms with Gasteiger partial charge in [0, 0.05) is 11.6 Å². The van der Waals surface area contributed by atoms with E-state index in [2.05, 4.69) is 10.5 Å². The van der Waals surface area contributed by atoms with Crippen molar-refractivity contribution >= 4 is 22.9 Å². The van der Waals surface area contributed by atoms with Crippen LogP contribution in [-0.2, 0) is 0 Å². The number of methoxy groups -OCH3 is 2. The van der Waals surface area contributed by atoms with Gasteiger partial charge in [-0.2, -0.15) is 5.10 Å². The molecule has 26 heavy (non-hydrogen) atoms. The van der Waals surface area contributed by atoms with Gasteiger partial charge in [0.15, 0.2) is 0 Å². The second-order valence-corrected chi connectivity index (χ2v) is 5.52. The van der Waals surface area contributed by atoms with E-state index in [1.54, 1.807) is 37.4 Å². The SMILES string of the molecule is COc1ccc(/C=N/NC(=O)c2cc3ccccc3cc2O)c(OC)c1. The lowest BCUT2D eigenvalue weighted by molar-refractivity contribution is 0.0952. The molecule has 0 atom stereocenters. The molecule has 0 aliphatic carbocycles. The number of phenolic OH excluding ortho intramolecular Hbond substituents is 1. The van der Waals surface area contributed by atoms with Crippen LogP contribution < -0.4 is 14.9 Å². The van der Waals surface area contributed by atoms with E-state index in [-0.39, 0.29) is 11.3 Å². The van der Waals surface area contributed by atoms with Crippen LogP contribution in [0, 0.1) is 0 Å². The number of fused-ring (bicyclic) bond motifs is 1. The summed E-state index contributed by atoms with van der Waals surface area (Å²) in [6.45, 7) is 0. The molecule has 0 unspecified atom stereocenters. The third-order valence-corrected chi connectivity index (χ3v) is 3.92. The van der Waals surface area contributed by atoms with Crippen molar-refractivity contribution in [3.8, 4) is 17.2 Å². The quantitative estimate of drug-likeness (QED) is 0.546. The fourth-order valence-corrected chi connectivity index (χ4v) is 2.56. The molecule has 2 N–H and O–H groups in total. The van der Waals surface area contributed by atoms with Crippen LogP contribution in [0.15, 0.2) is 59.7 Å². The summed E-state index contributed by atoms with van der Waals surface area (Å²) in [6, 6.07) is 15.9. The Kier molecular flexibility index (Phi) is 5.03. The van der Waals surface area contributed by atoms with Gasteiger partial charge in [-0.15, -0.1) is 0 Å². The summed E-state index contributed by atoms with van der Waals surface area (Å²) in [7, 11) is 3.11. The van der Waals surface area contributed by atoms with Crippen molar-refractivity contribution in [1.82, 2.24) is 5.43 Å². The average Bonchev–Trinajstić information content (AvgIpc) is 2.67. The van der Waals surface area contributed by atoms with Gasteiger partial charge in [0.1, 0.15) is 17.2 Å². The zero-order valence-corrected chi connectivity index (χ0v) is 14.4. The van der Waals surface area contributed by atoms with E-state index < -0.39 is 5.91 Å². The zero-order chi connectivity index (χ0) is 18.5. The van der Waals surface area contributed by atoms with Crippen molar-refractivity contribution in [2.24, 2.45) is 5.10 Å². The third-order valence-electron chi connectivity index (χ3n) is 3.92. The minimum Gasteiger partial charge on any atom is -0.507 e. The smallest absolute Gasteiger partial charge is 0.275 e. The number of nitrogens with zero attached hydrogens (tertiary/aromatic N) is 1. The highest BCUT2D eigenvalue weighted by molar-refractivity contribution is 6.01. The summed E-state index contributed by atoms with van der Waals surface area (Å²) in [4.78, 5) is 12.3. The molecule has 0 aliphatic heterocycles. The number of amides is 1. The Labute approximate surface area is 150 Å². The highest BCUT2D eigenvalue weighted by Gasteiger charge is 2.12. The topological polar surface area (TPSA) is 80.2 Å². The Morgan fingerprint density at radius 2 is 1.77 bits per heavy atom. The van der Waals surface area contributed by atoms with E-state index >= 15 is 0 Å². The summed E-state index contributed by atoms with van der Waals surface area (Å²) in [6.07, 6.45) is 1.47. The molecule has 0 spiro atoms. The molecular formula is C20H18N2O4. The van der Waals surface area contributed by atoms with Crippen LogP contribution in [0.3, 0.4) is 0 Å². The number of carbonyl (C=O) groups excluding carboxylic acids is 1. The van der Waals surface area contributed by atoms with Gasteiger partial charge in [0.05, 0.1) is 26.0 Å². The molecule has 6 nitrogen and oxygen atoms in total. The number of aromatic hydroxyl groups is 1. The van der Waals surface area contributed by atoms with E-state index in [1.807, 2.05) is 24.3 Å². The fourth-order valence-electron chi connectivity index (χ4n) is 2.56. The van der Waals surface area contributed by atoms with E-state index in [4.69, 9.17) is 9.47 Å². The first-order valence-corrected chi connectivity index (χ1v) is 7.89. The molecule has 0 bridgehead atoms. The molecule has 0 heterocycles. The second-order valence-electron chi connectivity index (χ2n) is 5.52. The van der Waals surface area contributed by atoms with Gasteiger partial charge < -0.3 is 14.6 Å². The number of carbonyl (C=O) groups is 1. The first-order valence-electron chi connectivity index (χ1n) is 7.89. The highest BCUT2D eigenvalue weighted by Crippen LogP contribution is 2.25. The summed E-state index contributed by atoms with van der Waals surface area (Å²) in [5.74, 6) is 0.621. The molecule has 0 saturated heterocycles. The second kappa shape index (κ2) is 7.57. The van der Waals surface area contributed by atoms with E-state index in [0.29, 0.717) is 17.1 Å². The van der Waals surface area contributed by atoms with Crippen LogP contribution in [0.1, 0.15) is 15.9 Å². The number of benzene rings is 3. The molecule has 0 radical (unpaired) electrons. The van der Waals surface area contributed by atoms with Crippen LogP contribution in [0.5, 0.6) is 17.2 Å². The molecule has 1 amide bonds. The van der Waals surface area contributed by atoms with Crippen molar-refractivity contribution in [3.63, 3.8) is 0 Å². The molecule has 0 saturated carbocycles. The van der Waals surface area contributed by atoms with Crippen molar-refractivity contribution in [2.45, 2.75) is 0 Å². The van der Waals surface area contributed by atoms with Gasteiger partial charge in [-0.1, -0.05) is 24.3 Å². The predicted octanol–water partition coefficient (Wildman–Crippen LogP) is 3.33. The zero-order valence-electron chi connectivity index (χ0n) is 14.4. The Balaban J connectivity index is 1.79. The van der Waals surface area contributed by atoms with Crippen LogP contribution in [0.25, 0.3) is 10.8 Å². The van der Waals surface area contributed by atoms with Crippen LogP contribution in [-0.4, -0.2) is 31.4 Å². The maximum absolute atomic E-state index is 12.3. The lowest BCUT2D eigenvalue weighted by Gasteiger charge is -2.07. The molecule has 132 valence electrons. The molecule has 0 aromatic heterocycles. The van der Waals surface area contributed by atoms with Crippen molar-refractivity contribution < 1.29 is 19.4 Å². The summed E-state index contributed by atoms with van der Waals surface area (Å²) in [5, 5.41) is 15.7. The van der Waals surface area contributed by atoms with Gasteiger partial charge in [-0.3, -0.25) is 4.79 Å². The van der Waals surface area contributed by atoms with Crippen molar-refractivity contribution in [2.75, 3.05) is 14.2 Å². The van der Waals surface area contributed by atoms with Crippen LogP contribution in [0.4, 0.5) is 0 Å². The molecule has 3 aromatic rings. The molecule has 3 aromatic carbocycles. The lowest BCUT2D eigenvalue weighted by atomic mass is 10.1. The fraction of sp³-hybridized carbons (Fsp3) is 0.100. The van der Waals surface area contributed by atoms with Gasteiger partial charge in [-0.05, 0) is 35.0 Å². The third kappa shape index (κ3) is 3.59. The number of phenols is 1. The van der Waals surface area contributed by atoms with Crippen molar-refractivity contribution in [3.05, 3.63) is 65.7 Å². The highest BCUT2D eigenvalue weighted by atomic mass is 16.5. The summed E-state index contributed by atoms with van der Waals surface area (Å²) in [5.41, 5.74) is 3.25. The van der Waals surface area contributed by atoms with Gasteiger partial charge in [0.2, 0.25) is 0 Å². The number of hydrogen-bond donors (Lipinski definition) is 2. The predicted molar refractivity (Wildman–Crippen MR) is 100 cm³/mol. The normalized spacial score (nSPS) is 10.8. The lowest BCUT2D eigenvalue weighted by Crippen LogP contribution is -2.17. The molecular weight excluding hydrogens is 332 g/mol. The first-order chi connectivity index (χ1) is 12.6. The average molecular weight is 350 g/mol. The van der Waals surface area contributed by atoms with Crippen molar-refractivity contribution in [1.29, 1.82) is 0 Å². The van der Waals surface area contributed by atoms with Gasteiger partial charge in [0.25, 0.3) is 5.91 Å². The number of nitrogens with one attached hydrogen (secondary N) is 1. The Hall–Kier alpha value is -3.54. The molecule has 0 aliphatic rings. The van der Waals surface area contributed by atoms with E-state index in [0.717, 1.165) is 10.8 Å². The Morgan fingerprint density at radius 1 is 1.04 bits per heavy atom. The first kappa shape index (κ1) is 17.3. The van der Waals surface area contributed by atoms with Crippen LogP contribution in [0.2, 0.25) is 0 Å². The largest absolute Gasteiger partial charge is 0.507 e. The molecule has 3 rings (SSSR count). The van der Waals surface area contributed by atoms with Gasteiger partial charge in [-0.25, -0.2) is 5.43 Å². The number of ether oxygens (including phenoxy) is 2. The minimum atomic E-state index is -0.503. The summed E-state index contributed by atoms with van der Waals surface area (Å²) < 4.78 is 10.4. The number of hydrogen-bond acceptors (Lipinski definition) is 5.